The number of rotatable bonds is 3. The summed E-state index contributed by atoms with van der Waals surface area (Å²) in [4.78, 5) is 10.3. The molecule has 1 aromatic carbocycles. The van der Waals surface area contributed by atoms with Crippen LogP contribution < -0.4 is 4.74 Å². The minimum absolute atomic E-state index is 0.369. The molecule has 0 aliphatic rings. The van der Waals surface area contributed by atoms with Crippen LogP contribution in [0.25, 0.3) is 0 Å². The van der Waals surface area contributed by atoms with Gasteiger partial charge in [0.15, 0.2) is 12.4 Å². The average molecular weight is 164 g/mol. The van der Waals surface area contributed by atoms with Crippen LogP contribution in [-0.2, 0) is 4.79 Å². The number of ether oxygens (including phenoxy) is 1. The lowest BCUT2D eigenvalue weighted by atomic mass is 10.2. The van der Waals surface area contributed by atoms with E-state index in [-0.39, 0.29) is 6.10 Å². The van der Waals surface area contributed by atoms with Crippen molar-refractivity contribution in [3.63, 3.8) is 0 Å². The Morgan fingerprint density at radius 1 is 1.42 bits per heavy atom. The molecule has 0 amide bonds. The quantitative estimate of drug-likeness (QED) is 0.638. The molecule has 12 heavy (non-hydrogen) atoms. The van der Waals surface area contributed by atoms with Crippen LogP contribution in [0.2, 0.25) is 0 Å². The van der Waals surface area contributed by atoms with E-state index in [0.29, 0.717) is 0 Å². The van der Waals surface area contributed by atoms with Crippen LogP contribution >= 0.6 is 0 Å². The Balaban J connectivity index is 2.75. The summed E-state index contributed by atoms with van der Waals surface area (Å²) in [5.41, 5.74) is 1.05. The van der Waals surface area contributed by atoms with Crippen LogP contribution in [-0.4, -0.2) is 12.4 Å². The summed E-state index contributed by atoms with van der Waals surface area (Å²) in [6, 6.07) is 7.63. The second-order valence-corrected chi connectivity index (χ2v) is 2.72. The number of benzene rings is 1. The van der Waals surface area contributed by atoms with Crippen molar-refractivity contribution in [2.75, 3.05) is 0 Å². The summed E-state index contributed by atoms with van der Waals surface area (Å²) in [5, 5.41) is 0. The van der Waals surface area contributed by atoms with Crippen molar-refractivity contribution >= 4 is 6.29 Å². The van der Waals surface area contributed by atoms with Crippen molar-refractivity contribution in [3.8, 4) is 5.75 Å². The Hall–Kier alpha value is -1.31. The first-order valence-electron chi connectivity index (χ1n) is 3.91. The molecular formula is C10H12O2. The SMILES string of the molecule is Cc1ccccc1OC(C)C=O. The molecule has 0 radical (unpaired) electrons. The van der Waals surface area contributed by atoms with Gasteiger partial charge < -0.3 is 4.74 Å². The van der Waals surface area contributed by atoms with Gasteiger partial charge in [0, 0.05) is 0 Å². The highest BCUT2D eigenvalue weighted by Crippen LogP contribution is 2.16. The Bertz CT molecular complexity index is 268. The number of carbonyl (C=O) groups is 1. The smallest absolute Gasteiger partial charge is 0.160 e. The second kappa shape index (κ2) is 3.90. The van der Waals surface area contributed by atoms with Gasteiger partial charge in [-0.2, -0.15) is 0 Å². The summed E-state index contributed by atoms with van der Waals surface area (Å²) < 4.78 is 5.33. The minimum atomic E-state index is -0.369. The molecule has 0 N–H and O–H groups in total. The fourth-order valence-electron chi connectivity index (χ4n) is 0.917. The van der Waals surface area contributed by atoms with Gasteiger partial charge in [0.2, 0.25) is 0 Å². The van der Waals surface area contributed by atoms with E-state index in [9.17, 15) is 4.79 Å². The fraction of sp³-hybridized carbons (Fsp3) is 0.300. The molecule has 0 fully saturated rings. The first kappa shape index (κ1) is 8.78. The molecule has 0 aliphatic carbocycles. The van der Waals surface area contributed by atoms with Crippen LogP contribution in [0.15, 0.2) is 24.3 Å². The molecule has 0 bridgehead atoms. The van der Waals surface area contributed by atoms with Crippen LogP contribution in [0.5, 0.6) is 5.75 Å². The van der Waals surface area contributed by atoms with Crippen molar-refractivity contribution in [1.29, 1.82) is 0 Å². The average Bonchev–Trinajstić information content (AvgIpc) is 2.09. The third-order valence-electron chi connectivity index (χ3n) is 1.60. The van der Waals surface area contributed by atoms with Crippen molar-refractivity contribution in [2.24, 2.45) is 0 Å². The molecule has 0 aliphatic heterocycles. The van der Waals surface area contributed by atoms with Crippen LogP contribution in [0.1, 0.15) is 12.5 Å². The zero-order valence-corrected chi connectivity index (χ0v) is 7.28. The monoisotopic (exact) mass is 164 g/mol. The molecule has 0 aromatic heterocycles. The zero-order chi connectivity index (χ0) is 8.97. The van der Waals surface area contributed by atoms with E-state index in [1.807, 2.05) is 31.2 Å². The molecule has 1 unspecified atom stereocenters. The molecule has 64 valence electrons. The van der Waals surface area contributed by atoms with Gasteiger partial charge in [-0.15, -0.1) is 0 Å². The third-order valence-corrected chi connectivity index (χ3v) is 1.60. The number of hydrogen-bond acceptors (Lipinski definition) is 2. The highest BCUT2D eigenvalue weighted by molar-refractivity contribution is 5.56. The van der Waals surface area contributed by atoms with Gasteiger partial charge in [-0.1, -0.05) is 18.2 Å². The highest BCUT2D eigenvalue weighted by atomic mass is 16.5. The summed E-state index contributed by atoms with van der Waals surface area (Å²) in [6.45, 7) is 3.67. The fourth-order valence-corrected chi connectivity index (χ4v) is 0.917. The summed E-state index contributed by atoms with van der Waals surface area (Å²) in [6.07, 6.45) is 0.415. The van der Waals surface area contributed by atoms with Gasteiger partial charge >= 0.3 is 0 Å². The Morgan fingerprint density at radius 3 is 2.67 bits per heavy atom. The molecule has 2 heteroatoms. The molecule has 0 saturated heterocycles. The van der Waals surface area contributed by atoms with Gasteiger partial charge in [-0.25, -0.2) is 0 Å². The summed E-state index contributed by atoms with van der Waals surface area (Å²) in [5.74, 6) is 0.775. The number of para-hydroxylation sites is 1. The lowest BCUT2D eigenvalue weighted by Crippen LogP contribution is -2.13. The Morgan fingerprint density at radius 2 is 2.08 bits per heavy atom. The first-order valence-corrected chi connectivity index (χ1v) is 3.91. The van der Waals surface area contributed by atoms with Crippen LogP contribution in [0, 0.1) is 6.92 Å². The maximum atomic E-state index is 10.3. The topological polar surface area (TPSA) is 26.3 Å². The van der Waals surface area contributed by atoms with E-state index in [1.165, 1.54) is 0 Å². The predicted octanol–water partition coefficient (Wildman–Crippen LogP) is 1.96. The number of aryl methyl sites for hydroxylation is 1. The molecule has 2 nitrogen and oxygen atoms in total. The van der Waals surface area contributed by atoms with Crippen LogP contribution in [0.4, 0.5) is 0 Å². The van der Waals surface area contributed by atoms with Gasteiger partial charge in [0.1, 0.15) is 5.75 Å². The molecule has 0 heterocycles. The van der Waals surface area contributed by atoms with E-state index < -0.39 is 0 Å². The molecule has 0 spiro atoms. The zero-order valence-electron chi connectivity index (χ0n) is 7.28. The lowest BCUT2D eigenvalue weighted by Gasteiger charge is -2.10. The van der Waals surface area contributed by atoms with Crippen molar-refractivity contribution in [2.45, 2.75) is 20.0 Å². The van der Waals surface area contributed by atoms with Crippen molar-refractivity contribution < 1.29 is 9.53 Å². The lowest BCUT2D eigenvalue weighted by molar-refractivity contribution is -0.113. The van der Waals surface area contributed by atoms with Gasteiger partial charge in [-0.3, -0.25) is 4.79 Å². The van der Waals surface area contributed by atoms with Crippen molar-refractivity contribution in [3.05, 3.63) is 29.8 Å². The van der Waals surface area contributed by atoms with E-state index >= 15 is 0 Å². The second-order valence-electron chi connectivity index (χ2n) is 2.72. The maximum Gasteiger partial charge on any atom is 0.160 e. The first-order chi connectivity index (χ1) is 5.74. The highest BCUT2D eigenvalue weighted by Gasteiger charge is 2.02. The predicted molar refractivity (Wildman–Crippen MR) is 47.3 cm³/mol. The number of aldehydes is 1. The van der Waals surface area contributed by atoms with Gasteiger partial charge in [-0.05, 0) is 25.5 Å². The van der Waals surface area contributed by atoms with Gasteiger partial charge in [0.05, 0.1) is 0 Å². The maximum absolute atomic E-state index is 10.3. The van der Waals surface area contributed by atoms with Crippen LogP contribution in [0.3, 0.4) is 0 Å². The molecular weight excluding hydrogens is 152 g/mol. The largest absolute Gasteiger partial charge is 0.483 e. The van der Waals surface area contributed by atoms with E-state index in [4.69, 9.17) is 4.74 Å². The molecule has 1 atom stereocenters. The Kier molecular flexibility index (Phi) is 2.86. The summed E-state index contributed by atoms with van der Waals surface area (Å²) in [7, 11) is 0. The summed E-state index contributed by atoms with van der Waals surface area (Å²) >= 11 is 0. The molecule has 1 aromatic rings. The minimum Gasteiger partial charge on any atom is -0.483 e. The molecule has 1 rings (SSSR count). The van der Waals surface area contributed by atoms with E-state index in [0.717, 1.165) is 17.6 Å². The normalized spacial score (nSPS) is 12.2. The number of carbonyl (C=O) groups excluding carboxylic acids is 1. The standard InChI is InChI=1S/C10H12O2/c1-8-5-3-4-6-10(8)12-9(2)7-11/h3-7,9H,1-2H3. The molecule has 0 saturated carbocycles. The van der Waals surface area contributed by atoms with E-state index in [2.05, 4.69) is 0 Å². The van der Waals surface area contributed by atoms with Gasteiger partial charge in [0.25, 0.3) is 0 Å². The van der Waals surface area contributed by atoms with Crippen molar-refractivity contribution in [1.82, 2.24) is 0 Å². The van der Waals surface area contributed by atoms with E-state index in [1.54, 1.807) is 6.92 Å². The third kappa shape index (κ3) is 2.09. The Labute approximate surface area is 72.2 Å². The number of hydrogen-bond donors (Lipinski definition) is 0.